The Kier molecular flexibility index (Phi) is 38.5. The minimum atomic E-state index is -0.423. The van der Waals surface area contributed by atoms with E-state index in [-0.39, 0.29) is 47.4 Å². The number of imide groups is 1. The van der Waals surface area contributed by atoms with Crippen LogP contribution in [-0.4, -0.2) is 229 Å². The van der Waals surface area contributed by atoms with Gasteiger partial charge in [-0.05, 0) is 125 Å². The molecule has 1 saturated heterocycles. The number of methoxy groups -OCH3 is 1. The van der Waals surface area contributed by atoms with Crippen molar-refractivity contribution in [3.05, 3.63) is 112 Å². The lowest BCUT2D eigenvalue weighted by molar-refractivity contribution is -0.134. The van der Waals surface area contributed by atoms with Crippen molar-refractivity contribution < 1.29 is 76.1 Å². The van der Waals surface area contributed by atoms with E-state index in [0.29, 0.717) is 168 Å². The summed E-state index contributed by atoms with van der Waals surface area (Å²) in [7, 11) is 5.11. The van der Waals surface area contributed by atoms with Gasteiger partial charge in [0.05, 0.1) is 144 Å². The molecular formula is C71H104ClN7O16. The maximum Gasteiger partial charge on any atom is 0.256 e. The van der Waals surface area contributed by atoms with Crippen LogP contribution in [0.1, 0.15) is 104 Å². The van der Waals surface area contributed by atoms with Crippen LogP contribution in [0.3, 0.4) is 0 Å². The fourth-order valence-corrected chi connectivity index (χ4v) is 10.8. The minimum Gasteiger partial charge on any atom is -0.493 e. The molecule has 1 saturated carbocycles. The third kappa shape index (κ3) is 30.0. The highest BCUT2D eigenvalue weighted by atomic mass is 35.5. The van der Waals surface area contributed by atoms with Gasteiger partial charge in [-0.3, -0.25) is 39.0 Å². The van der Waals surface area contributed by atoms with Crippen LogP contribution >= 0.6 is 11.6 Å². The van der Waals surface area contributed by atoms with Crippen LogP contribution < -0.4 is 30.3 Å². The molecule has 7 rings (SSSR count). The first-order chi connectivity index (χ1) is 46.1. The van der Waals surface area contributed by atoms with Gasteiger partial charge < -0.3 is 72.7 Å². The Morgan fingerprint density at radius 3 is 1.72 bits per heavy atom. The fraction of sp³-hybridized carbons (Fsp3) is 0.577. The number of nitrogens with zero attached hydrogens (tertiary/aromatic N) is 4. The summed E-state index contributed by atoms with van der Waals surface area (Å²) in [5, 5.41) is 9.14. The molecule has 1 atom stereocenters. The van der Waals surface area contributed by atoms with Crippen molar-refractivity contribution in [1.29, 1.82) is 0 Å². The fourth-order valence-electron chi connectivity index (χ4n) is 10.7. The quantitative estimate of drug-likeness (QED) is 0.0278. The normalized spacial score (nSPS) is 15.7. The Morgan fingerprint density at radius 2 is 1.21 bits per heavy atom. The van der Waals surface area contributed by atoms with Gasteiger partial charge in [0.2, 0.25) is 24.1 Å². The number of fused-ring (bicyclic) bond motifs is 1. The van der Waals surface area contributed by atoms with Crippen molar-refractivity contribution >= 4 is 65.0 Å². The lowest BCUT2D eigenvalue weighted by Gasteiger charge is -2.41. The Labute approximate surface area is 567 Å². The molecule has 4 aromatic carbocycles. The molecule has 23 nitrogen and oxygen atoms in total. The van der Waals surface area contributed by atoms with Gasteiger partial charge in [0.15, 0.2) is 17.8 Å². The van der Waals surface area contributed by atoms with Crippen LogP contribution in [0.4, 0.5) is 17.1 Å². The van der Waals surface area contributed by atoms with Gasteiger partial charge in [-0.25, -0.2) is 0 Å². The second-order valence-electron chi connectivity index (χ2n) is 23.5. The largest absolute Gasteiger partial charge is 0.493 e. The number of hydrogen-bond donors (Lipinski definition) is 3. The molecule has 3 N–H and O–H groups in total. The average Bonchev–Trinajstić information content (AvgIpc) is 0.804. The summed E-state index contributed by atoms with van der Waals surface area (Å²) in [6.07, 6.45) is 7.47. The van der Waals surface area contributed by atoms with Crippen LogP contribution in [0, 0.1) is 5.92 Å². The Morgan fingerprint density at radius 1 is 0.663 bits per heavy atom. The van der Waals surface area contributed by atoms with Crippen LogP contribution in [0.15, 0.2) is 84.9 Å². The number of anilines is 3. The van der Waals surface area contributed by atoms with Gasteiger partial charge in [0, 0.05) is 93.0 Å². The van der Waals surface area contributed by atoms with Crippen LogP contribution in [0.2, 0.25) is 5.02 Å². The van der Waals surface area contributed by atoms with E-state index in [0.717, 1.165) is 65.4 Å². The second kappa shape index (κ2) is 46.4. The van der Waals surface area contributed by atoms with E-state index in [1.54, 1.807) is 39.3 Å². The first kappa shape index (κ1) is 78.9. The van der Waals surface area contributed by atoms with Gasteiger partial charge >= 0.3 is 0 Å². The highest BCUT2D eigenvalue weighted by molar-refractivity contribution is 6.30. The van der Waals surface area contributed by atoms with Crippen molar-refractivity contribution in [3.8, 4) is 11.5 Å². The Balaban J connectivity index is 0.000000412. The molecule has 2 heterocycles. The van der Waals surface area contributed by atoms with Crippen LogP contribution in [0.5, 0.6) is 11.5 Å². The Hall–Kier alpha value is -6.77. The number of benzene rings is 4. The van der Waals surface area contributed by atoms with Gasteiger partial charge in [-0.1, -0.05) is 48.9 Å². The van der Waals surface area contributed by atoms with E-state index in [1.165, 1.54) is 30.6 Å². The highest BCUT2D eigenvalue weighted by Crippen LogP contribution is 2.36. The summed E-state index contributed by atoms with van der Waals surface area (Å²) in [5.41, 5.74) is 5.00. The molecule has 5 amide bonds. The number of amides is 5. The number of hydrogen-bond acceptors (Lipinski definition) is 19. The molecule has 0 spiro atoms. The molecule has 1 unspecified atom stereocenters. The zero-order valence-electron chi connectivity index (χ0n) is 57.0. The molecule has 0 bridgehead atoms. The number of rotatable bonds is 41. The number of carbonyl (C=O) groups excluding carboxylic acids is 6. The average molecular weight is 1350 g/mol. The lowest BCUT2D eigenvalue weighted by Crippen LogP contribution is -2.52. The molecule has 1 aliphatic carbocycles. The van der Waals surface area contributed by atoms with Gasteiger partial charge in [0.1, 0.15) is 0 Å². The number of carbonyl (C=O) groups is 6. The van der Waals surface area contributed by atoms with Gasteiger partial charge in [-0.2, -0.15) is 0 Å². The SMILES string of the molecule is CC1CCC(N2CCN(C(=O)CCOCCOCCOCCOCCOCCOCCOCCOCCNc3cccc(C=O)c3C(=O)N(C)C(C)CCC(=O)NC=O)CC2)CC1.CNc1ccc(N2Cc3cc(OC(C)C)c(OC)cc3CC2=O)cc1.Clc1ccccc1. The first-order valence-corrected chi connectivity index (χ1v) is 33.6. The molecule has 24 heteroatoms. The van der Waals surface area contributed by atoms with Crippen LogP contribution in [0.25, 0.3) is 0 Å². The first-order valence-electron chi connectivity index (χ1n) is 33.3. The van der Waals surface area contributed by atoms with Crippen molar-refractivity contribution in [2.75, 3.05) is 175 Å². The van der Waals surface area contributed by atoms with E-state index in [2.05, 4.69) is 27.8 Å². The molecule has 526 valence electrons. The molecule has 3 aliphatic rings. The third-order valence-corrected chi connectivity index (χ3v) is 16.5. The zero-order valence-corrected chi connectivity index (χ0v) is 57.7. The molecule has 4 aromatic rings. The topological polar surface area (TPSA) is 244 Å². The zero-order chi connectivity index (χ0) is 68.4. The van der Waals surface area contributed by atoms with Crippen molar-refractivity contribution in [1.82, 2.24) is 20.0 Å². The summed E-state index contributed by atoms with van der Waals surface area (Å²) in [6, 6.07) is 26.6. The van der Waals surface area contributed by atoms with Gasteiger partial charge in [-0.15, -0.1) is 0 Å². The number of piperazine rings is 1. The molecular weight excluding hydrogens is 1240 g/mol. The number of halogens is 1. The molecule has 2 aliphatic heterocycles. The lowest BCUT2D eigenvalue weighted by atomic mass is 9.86. The van der Waals surface area contributed by atoms with Crippen LogP contribution in [-0.2, 0) is 70.0 Å². The minimum absolute atomic E-state index is 0.0577. The highest BCUT2D eigenvalue weighted by Gasteiger charge is 2.30. The van der Waals surface area contributed by atoms with E-state index in [1.807, 2.05) is 97.4 Å². The predicted molar refractivity (Wildman–Crippen MR) is 367 cm³/mol. The van der Waals surface area contributed by atoms with Gasteiger partial charge in [0.25, 0.3) is 5.91 Å². The maximum absolute atomic E-state index is 13.3. The summed E-state index contributed by atoms with van der Waals surface area (Å²) in [4.78, 5) is 80.3. The summed E-state index contributed by atoms with van der Waals surface area (Å²) < 4.78 is 55.8. The summed E-state index contributed by atoms with van der Waals surface area (Å²) >= 11 is 5.54. The monoisotopic (exact) mass is 1350 g/mol. The molecule has 0 aromatic heterocycles. The summed E-state index contributed by atoms with van der Waals surface area (Å²) in [5.74, 6) is 1.73. The Bertz CT molecular complexity index is 2840. The number of aldehydes is 1. The summed E-state index contributed by atoms with van der Waals surface area (Å²) in [6.45, 7) is 19.6. The van der Waals surface area contributed by atoms with Crippen molar-refractivity contribution in [3.63, 3.8) is 0 Å². The molecule has 95 heavy (non-hydrogen) atoms. The smallest absolute Gasteiger partial charge is 0.256 e. The standard InChI is InChI=1S/C45H75N5O13.C20H24N2O3.C6H5Cl/c1-37-7-10-40(11-8-37)49-15-17-50(18-16-49)43(54)13-19-56-21-23-58-25-27-60-29-31-62-33-34-63-32-30-61-28-26-59-24-22-57-20-14-46-41-6-4-5-39(35-51)44(41)45(55)48(3)38(2)9-12-42(53)47-36-52;1-13(2)25-19-10-15-12-22(17-7-5-16(21-3)6-8-17)20(23)11-14(15)9-18(19)24-4;7-6-4-2-1-3-5-6/h4-6,35-38,40,46H,7-34H2,1-3H3,(H,47,52,53);5-10,13,21H,11-12H2,1-4H3;1-5H. The van der Waals surface area contributed by atoms with E-state index >= 15 is 0 Å². The second-order valence-corrected chi connectivity index (χ2v) is 23.9. The van der Waals surface area contributed by atoms with Crippen molar-refractivity contribution in [2.45, 2.75) is 104 Å². The van der Waals surface area contributed by atoms with E-state index < -0.39 is 5.91 Å². The number of ether oxygens (including phenoxy) is 10. The third-order valence-electron chi connectivity index (χ3n) is 16.2. The van der Waals surface area contributed by atoms with E-state index in [9.17, 15) is 28.8 Å². The van der Waals surface area contributed by atoms with E-state index in [4.69, 9.17) is 59.0 Å². The molecule has 0 radical (unpaired) electrons. The maximum atomic E-state index is 13.3. The van der Waals surface area contributed by atoms with Crippen molar-refractivity contribution in [2.24, 2.45) is 5.92 Å². The molecule has 2 fully saturated rings. The predicted octanol–water partition coefficient (Wildman–Crippen LogP) is 8.62. The number of nitrogens with one attached hydrogen (secondary N) is 3.